The van der Waals surface area contributed by atoms with E-state index in [9.17, 15) is 14.4 Å². The number of esters is 1. The Bertz CT molecular complexity index is 699. The van der Waals surface area contributed by atoms with Crippen molar-refractivity contribution in [3.63, 3.8) is 0 Å². The smallest absolute Gasteiger partial charge is 0.411 e. The normalized spacial score (nSPS) is 19.8. The minimum absolute atomic E-state index is 0.168. The molecule has 1 aromatic carbocycles. The summed E-state index contributed by atoms with van der Waals surface area (Å²) in [6.07, 6.45) is -0.129. The van der Waals surface area contributed by atoms with Gasteiger partial charge in [-0.05, 0) is 39.0 Å². The molecule has 2 rings (SSSR count). The summed E-state index contributed by atoms with van der Waals surface area (Å²) in [5.41, 5.74) is -0.331. The second-order valence-electron chi connectivity index (χ2n) is 6.95. The average Bonchev–Trinajstić information content (AvgIpc) is 2.97. The van der Waals surface area contributed by atoms with Crippen molar-refractivity contribution in [3.05, 3.63) is 28.8 Å². The number of benzene rings is 1. The monoisotopic (exact) mass is 383 g/mol. The van der Waals surface area contributed by atoms with Crippen LogP contribution < -0.4 is 4.74 Å². The lowest BCUT2D eigenvalue weighted by molar-refractivity contribution is -0.145. The standard InChI is InChI=1S/C18H22ClNO6/c1-18(2,3)26-17(23)20-9-13(8-15(20)16(22)24-4)25-12-6-5-11(10-21)14(19)7-12/h5-7,10,13,15H,8-9H2,1-4H3. The first-order valence-corrected chi connectivity index (χ1v) is 8.51. The third-order valence-corrected chi connectivity index (χ3v) is 4.09. The molecule has 142 valence electrons. The van der Waals surface area contributed by atoms with E-state index < -0.39 is 29.8 Å². The van der Waals surface area contributed by atoms with Crippen LogP contribution in [0.25, 0.3) is 0 Å². The molecule has 0 aromatic heterocycles. The van der Waals surface area contributed by atoms with E-state index in [1.54, 1.807) is 32.9 Å². The van der Waals surface area contributed by atoms with Crippen LogP contribution in [0.1, 0.15) is 37.6 Å². The Balaban J connectivity index is 2.14. The van der Waals surface area contributed by atoms with Gasteiger partial charge >= 0.3 is 12.1 Å². The Kier molecular flexibility index (Phi) is 6.13. The van der Waals surface area contributed by atoms with Crippen LogP contribution in [0.15, 0.2) is 18.2 Å². The minimum atomic E-state index is -0.787. The number of carbonyl (C=O) groups is 3. The second-order valence-corrected chi connectivity index (χ2v) is 7.36. The molecule has 0 N–H and O–H groups in total. The van der Waals surface area contributed by atoms with Crippen molar-refractivity contribution >= 4 is 29.9 Å². The molecule has 0 aliphatic carbocycles. The van der Waals surface area contributed by atoms with Gasteiger partial charge in [-0.25, -0.2) is 9.59 Å². The molecule has 1 aliphatic heterocycles. The zero-order chi connectivity index (χ0) is 19.5. The molecule has 2 atom stereocenters. The molecule has 1 aliphatic rings. The number of aldehydes is 1. The Labute approximate surface area is 157 Å². The van der Waals surface area contributed by atoms with Gasteiger partial charge in [0.25, 0.3) is 0 Å². The second kappa shape index (κ2) is 7.95. The predicted molar refractivity (Wildman–Crippen MR) is 94.6 cm³/mol. The zero-order valence-electron chi connectivity index (χ0n) is 15.2. The highest BCUT2D eigenvalue weighted by Crippen LogP contribution is 2.28. The van der Waals surface area contributed by atoms with Crippen LogP contribution in [-0.2, 0) is 14.3 Å². The molecule has 1 aromatic rings. The highest BCUT2D eigenvalue weighted by atomic mass is 35.5. The van der Waals surface area contributed by atoms with Crippen molar-refractivity contribution in [3.8, 4) is 5.75 Å². The highest BCUT2D eigenvalue weighted by Gasteiger charge is 2.43. The van der Waals surface area contributed by atoms with Gasteiger partial charge in [0, 0.05) is 12.0 Å². The summed E-state index contributed by atoms with van der Waals surface area (Å²) < 4.78 is 16.0. The number of hydrogen-bond donors (Lipinski definition) is 0. The van der Waals surface area contributed by atoms with Crippen molar-refractivity contribution in [1.82, 2.24) is 4.90 Å². The van der Waals surface area contributed by atoms with Crippen LogP contribution in [-0.4, -0.2) is 54.7 Å². The van der Waals surface area contributed by atoms with E-state index in [1.807, 2.05) is 0 Å². The molecule has 0 radical (unpaired) electrons. The van der Waals surface area contributed by atoms with Gasteiger partial charge in [0.15, 0.2) is 6.29 Å². The summed E-state index contributed by atoms with van der Waals surface area (Å²) in [7, 11) is 1.27. The van der Waals surface area contributed by atoms with Gasteiger partial charge in [0.05, 0.1) is 18.7 Å². The summed E-state index contributed by atoms with van der Waals surface area (Å²) in [6.45, 7) is 5.41. The lowest BCUT2D eigenvalue weighted by atomic mass is 10.2. The fourth-order valence-electron chi connectivity index (χ4n) is 2.63. The lowest BCUT2D eigenvalue weighted by Gasteiger charge is -2.27. The number of amides is 1. The Morgan fingerprint density at radius 1 is 1.31 bits per heavy atom. The maximum Gasteiger partial charge on any atom is 0.411 e. The average molecular weight is 384 g/mol. The minimum Gasteiger partial charge on any atom is -0.488 e. The van der Waals surface area contributed by atoms with Crippen molar-refractivity contribution in [2.75, 3.05) is 13.7 Å². The molecule has 1 heterocycles. The molecule has 1 fully saturated rings. The summed E-state index contributed by atoms with van der Waals surface area (Å²) in [5.74, 6) is -0.0865. The van der Waals surface area contributed by atoms with Gasteiger partial charge in [-0.3, -0.25) is 9.69 Å². The number of hydrogen-bond acceptors (Lipinski definition) is 6. The van der Waals surface area contributed by atoms with Crippen LogP contribution in [0.2, 0.25) is 5.02 Å². The molecule has 1 amide bonds. The fourth-order valence-corrected chi connectivity index (χ4v) is 2.85. The third kappa shape index (κ3) is 4.88. The molecule has 8 heteroatoms. The van der Waals surface area contributed by atoms with Crippen molar-refractivity contribution in [2.45, 2.75) is 44.9 Å². The molecule has 0 bridgehead atoms. The van der Waals surface area contributed by atoms with Gasteiger partial charge in [-0.15, -0.1) is 0 Å². The van der Waals surface area contributed by atoms with Crippen molar-refractivity contribution in [2.24, 2.45) is 0 Å². The summed E-state index contributed by atoms with van der Waals surface area (Å²) in [6, 6.07) is 3.89. The zero-order valence-corrected chi connectivity index (χ0v) is 15.9. The third-order valence-electron chi connectivity index (χ3n) is 3.77. The first kappa shape index (κ1) is 20.0. The van der Waals surface area contributed by atoms with Crippen LogP contribution in [0, 0.1) is 0 Å². The van der Waals surface area contributed by atoms with E-state index in [0.717, 1.165) is 0 Å². The SMILES string of the molecule is COC(=O)C1CC(Oc2ccc(C=O)c(Cl)c2)CN1C(=O)OC(C)(C)C. The van der Waals surface area contributed by atoms with E-state index in [2.05, 4.69) is 0 Å². The maximum absolute atomic E-state index is 12.4. The molecule has 26 heavy (non-hydrogen) atoms. The number of nitrogens with zero attached hydrogens (tertiary/aromatic N) is 1. The summed E-state index contributed by atoms with van der Waals surface area (Å²) in [4.78, 5) is 36.6. The predicted octanol–water partition coefficient (Wildman–Crippen LogP) is 3.08. The van der Waals surface area contributed by atoms with E-state index in [0.29, 0.717) is 17.6 Å². The largest absolute Gasteiger partial charge is 0.488 e. The summed E-state index contributed by atoms with van der Waals surface area (Å²) in [5, 5.41) is 0.268. The molecule has 0 saturated carbocycles. The molecule has 1 saturated heterocycles. The van der Waals surface area contributed by atoms with Crippen molar-refractivity contribution < 1.29 is 28.6 Å². The van der Waals surface area contributed by atoms with Crippen molar-refractivity contribution in [1.29, 1.82) is 0 Å². The number of likely N-dealkylation sites (tertiary alicyclic amines) is 1. The summed E-state index contributed by atoms with van der Waals surface area (Å²) >= 11 is 6.00. The van der Waals surface area contributed by atoms with Crippen LogP contribution in [0.3, 0.4) is 0 Å². The molecule has 7 nitrogen and oxygen atoms in total. The fraction of sp³-hybridized carbons (Fsp3) is 0.500. The van der Waals surface area contributed by atoms with Crippen LogP contribution in [0.4, 0.5) is 4.79 Å². The number of carbonyl (C=O) groups excluding carboxylic acids is 3. The van der Waals surface area contributed by atoms with Gasteiger partial charge < -0.3 is 14.2 Å². The quantitative estimate of drug-likeness (QED) is 0.587. The van der Waals surface area contributed by atoms with Gasteiger partial charge in [0.2, 0.25) is 0 Å². The number of halogens is 1. The lowest BCUT2D eigenvalue weighted by Crippen LogP contribution is -2.44. The Morgan fingerprint density at radius 2 is 2.00 bits per heavy atom. The van der Waals surface area contributed by atoms with E-state index in [-0.39, 0.29) is 18.0 Å². The first-order valence-electron chi connectivity index (χ1n) is 8.13. The van der Waals surface area contributed by atoms with Gasteiger partial charge in [-0.1, -0.05) is 11.6 Å². The topological polar surface area (TPSA) is 82.1 Å². The highest BCUT2D eigenvalue weighted by molar-refractivity contribution is 6.33. The van der Waals surface area contributed by atoms with Gasteiger partial charge in [0.1, 0.15) is 23.5 Å². The number of ether oxygens (including phenoxy) is 3. The van der Waals surface area contributed by atoms with E-state index in [1.165, 1.54) is 18.1 Å². The molecular formula is C18H22ClNO6. The number of rotatable bonds is 4. The number of methoxy groups -OCH3 is 1. The molecule has 2 unspecified atom stereocenters. The Hall–Kier alpha value is -2.28. The van der Waals surface area contributed by atoms with E-state index >= 15 is 0 Å². The van der Waals surface area contributed by atoms with Crippen LogP contribution in [0.5, 0.6) is 5.75 Å². The first-order chi connectivity index (χ1) is 12.1. The molecular weight excluding hydrogens is 362 g/mol. The van der Waals surface area contributed by atoms with E-state index in [4.69, 9.17) is 25.8 Å². The molecule has 0 spiro atoms. The Morgan fingerprint density at radius 3 is 2.54 bits per heavy atom. The van der Waals surface area contributed by atoms with Crippen LogP contribution >= 0.6 is 11.6 Å². The maximum atomic E-state index is 12.4. The van der Waals surface area contributed by atoms with Gasteiger partial charge in [-0.2, -0.15) is 0 Å².